The van der Waals surface area contributed by atoms with Crippen molar-refractivity contribution in [2.75, 3.05) is 13.2 Å². The number of aromatic nitrogens is 1. The van der Waals surface area contributed by atoms with E-state index < -0.39 is 16.0 Å². The molecule has 0 bridgehead atoms. The molecule has 0 fully saturated rings. The number of rotatable bonds is 10. The van der Waals surface area contributed by atoms with Crippen molar-refractivity contribution < 1.29 is 22.7 Å². The average Bonchev–Trinajstić information content (AvgIpc) is 3.21. The van der Waals surface area contributed by atoms with Crippen molar-refractivity contribution in [1.29, 1.82) is 0 Å². The van der Waals surface area contributed by atoms with E-state index in [0.29, 0.717) is 36.3 Å². The van der Waals surface area contributed by atoms with E-state index in [9.17, 15) is 18.0 Å². The van der Waals surface area contributed by atoms with E-state index in [0.717, 1.165) is 17.8 Å². The van der Waals surface area contributed by atoms with E-state index in [4.69, 9.17) is 4.74 Å². The summed E-state index contributed by atoms with van der Waals surface area (Å²) in [6.45, 7) is 8.18. The number of nitrogens with zero attached hydrogens (tertiary/aromatic N) is 2. The second-order valence-electron chi connectivity index (χ2n) is 8.48. The van der Waals surface area contributed by atoms with Gasteiger partial charge in [0.25, 0.3) is 10.0 Å². The van der Waals surface area contributed by atoms with Crippen LogP contribution in [0.5, 0.6) is 0 Å². The Morgan fingerprint density at radius 3 is 2.55 bits per heavy atom. The van der Waals surface area contributed by atoms with Gasteiger partial charge in [0.1, 0.15) is 5.84 Å². The molecule has 8 nitrogen and oxygen atoms in total. The Labute approximate surface area is 195 Å². The zero-order valence-corrected chi connectivity index (χ0v) is 20.4. The number of esters is 1. The van der Waals surface area contributed by atoms with E-state index in [1.54, 1.807) is 24.3 Å². The van der Waals surface area contributed by atoms with Gasteiger partial charge in [0, 0.05) is 41.5 Å². The van der Waals surface area contributed by atoms with Crippen molar-refractivity contribution in [1.82, 2.24) is 9.29 Å². The predicted molar refractivity (Wildman–Crippen MR) is 126 cm³/mol. The summed E-state index contributed by atoms with van der Waals surface area (Å²) < 4.78 is 33.9. The smallest absolute Gasteiger partial charge is 0.306 e. The number of ether oxygens (including phenoxy) is 1. The largest absolute Gasteiger partial charge is 0.457 e. The second-order valence-corrected chi connectivity index (χ2v) is 10.1. The third-order valence-electron chi connectivity index (χ3n) is 5.64. The van der Waals surface area contributed by atoms with Crippen molar-refractivity contribution in [3.05, 3.63) is 52.8 Å². The lowest BCUT2D eigenvalue weighted by atomic mass is 10.1. The lowest BCUT2D eigenvalue weighted by Crippen LogP contribution is -2.22. The number of nitrogens with one attached hydrogen (secondary N) is 1. The number of Topliss-reactive ketones (excluding diaryl/α,β-unsaturated/α-hetero) is 1. The van der Waals surface area contributed by atoms with E-state index in [1.807, 2.05) is 19.9 Å². The highest BCUT2D eigenvalue weighted by Crippen LogP contribution is 2.22. The van der Waals surface area contributed by atoms with Gasteiger partial charge >= 0.3 is 5.97 Å². The van der Waals surface area contributed by atoms with Crippen molar-refractivity contribution >= 4 is 27.6 Å². The van der Waals surface area contributed by atoms with Crippen LogP contribution in [0.3, 0.4) is 0 Å². The molecular weight excluding hydrogens is 442 g/mol. The molecule has 0 aliphatic carbocycles. The number of fused-ring (bicyclic) bond motifs is 1. The van der Waals surface area contributed by atoms with Gasteiger partial charge in [-0.1, -0.05) is 18.6 Å². The Bertz CT molecular complexity index is 1180. The highest BCUT2D eigenvalue weighted by atomic mass is 32.2. The standard InChI is InChI=1S/C24H31N3O5S/c1-16(2)27-17(3)14-20(18(27)4)21(28)15-32-23(29)12-6-5-9-13-25-24-19-10-7-8-11-22(19)33(30,31)26-24/h7-8,10-11,14,16H,5-6,9,12-13,15H2,1-4H3,(H,25,26). The van der Waals surface area contributed by atoms with E-state index in [2.05, 4.69) is 28.1 Å². The maximum absolute atomic E-state index is 12.5. The van der Waals surface area contributed by atoms with Crippen molar-refractivity contribution in [3.63, 3.8) is 0 Å². The molecule has 0 radical (unpaired) electrons. The molecule has 1 aromatic carbocycles. The van der Waals surface area contributed by atoms with Gasteiger partial charge in [0.2, 0.25) is 5.78 Å². The lowest BCUT2D eigenvalue weighted by Gasteiger charge is -2.13. The Hall–Kier alpha value is -2.94. The Morgan fingerprint density at radius 1 is 1.12 bits per heavy atom. The number of carbonyl (C=O) groups is 2. The molecule has 2 aromatic rings. The second kappa shape index (κ2) is 10.3. The van der Waals surface area contributed by atoms with Crippen LogP contribution in [-0.4, -0.2) is 43.7 Å². The SMILES string of the molecule is Cc1cc(C(=O)COC(=O)CCCCCN=C2NS(=O)(=O)c3ccccc32)c(C)n1C(C)C. The summed E-state index contributed by atoms with van der Waals surface area (Å²) in [6, 6.07) is 8.83. The van der Waals surface area contributed by atoms with E-state index in [-0.39, 0.29) is 29.7 Å². The summed E-state index contributed by atoms with van der Waals surface area (Å²) in [5.41, 5.74) is 3.07. The van der Waals surface area contributed by atoms with E-state index in [1.165, 1.54) is 0 Å². The Balaban J connectivity index is 1.38. The summed E-state index contributed by atoms with van der Waals surface area (Å²) in [6.07, 6.45) is 2.29. The molecule has 1 N–H and O–H groups in total. The minimum absolute atomic E-state index is 0.196. The van der Waals surface area contributed by atoms with Crippen LogP contribution in [0.1, 0.15) is 72.9 Å². The first-order chi connectivity index (χ1) is 15.6. The molecule has 1 aliphatic heterocycles. The van der Waals surface area contributed by atoms with Crippen LogP contribution in [0.4, 0.5) is 0 Å². The van der Waals surface area contributed by atoms with Gasteiger partial charge in [-0.15, -0.1) is 0 Å². The highest BCUT2D eigenvalue weighted by Gasteiger charge is 2.29. The summed E-state index contributed by atoms with van der Waals surface area (Å²) in [4.78, 5) is 29.1. The normalized spacial score (nSPS) is 15.5. The number of hydrogen-bond donors (Lipinski definition) is 1. The van der Waals surface area contributed by atoms with Crippen LogP contribution < -0.4 is 4.72 Å². The summed E-state index contributed by atoms with van der Waals surface area (Å²) >= 11 is 0. The lowest BCUT2D eigenvalue weighted by molar-refractivity contribution is -0.142. The number of amidine groups is 1. The van der Waals surface area contributed by atoms with Crippen LogP contribution in [0, 0.1) is 13.8 Å². The van der Waals surface area contributed by atoms with Crippen molar-refractivity contribution in [3.8, 4) is 0 Å². The summed E-state index contributed by atoms with van der Waals surface area (Å²) in [5, 5.41) is 0. The fourth-order valence-corrected chi connectivity index (χ4v) is 5.40. The first kappa shape index (κ1) is 24.7. The maximum Gasteiger partial charge on any atom is 0.306 e. The number of carbonyl (C=O) groups excluding carboxylic acids is 2. The first-order valence-corrected chi connectivity index (χ1v) is 12.6. The topological polar surface area (TPSA) is 107 Å². The molecule has 0 amide bonds. The number of hydrogen-bond acceptors (Lipinski definition) is 6. The van der Waals surface area contributed by atoms with Gasteiger partial charge in [-0.25, -0.2) is 8.42 Å². The van der Waals surface area contributed by atoms with Crippen LogP contribution in [0.25, 0.3) is 0 Å². The number of ketones is 1. The monoisotopic (exact) mass is 473 g/mol. The fourth-order valence-electron chi connectivity index (χ4n) is 4.15. The van der Waals surface area contributed by atoms with Gasteiger partial charge in [0.15, 0.2) is 6.61 Å². The average molecular weight is 474 g/mol. The molecule has 33 heavy (non-hydrogen) atoms. The van der Waals surface area contributed by atoms with Crippen LogP contribution >= 0.6 is 0 Å². The molecule has 3 rings (SSSR count). The number of aliphatic imine (C=N–C) groups is 1. The molecule has 0 saturated carbocycles. The van der Waals surface area contributed by atoms with Gasteiger partial charge in [-0.2, -0.15) is 0 Å². The molecule has 9 heteroatoms. The molecule has 178 valence electrons. The third-order valence-corrected chi connectivity index (χ3v) is 7.03. The highest BCUT2D eigenvalue weighted by molar-refractivity contribution is 7.90. The first-order valence-electron chi connectivity index (χ1n) is 11.2. The zero-order valence-electron chi connectivity index (χ0n) is 19.6. The van der Waals surface area contributed by atoms with Gasteiger partial charge < -0.3 is 9.30 Å². The van der Waals surface area contributed by atoms with Crippen molar-refractivity contribution in [2.24, 2.45) is 4.99 Å². The molecule has 1 aromatic heterocycles. The molecule has 0 spiro atoms. The Morgan fingerprint density at radius 2 is 1.85 bits per heavy atom. The van der Waals surface area contributed by atoms with Gasteiger partial charge in [-0.05, 0) is 58.7 Å². The Kier molecular flexibility index (Phi) is 7.73. The van der Waals surface area contributed by atoms with Crippen molar-refractivity contribution in [2.45, 2.75) is 64.3 Å². The third kappa shape index (κ3) is 5.71. The quantitative estimate of drug-likeness (QED) is 0.322. The fraction of sp³-hybridized carbons (Fsp3) is 0.458. The number of sulfonamides is 1. The van der Waals surface area contributed by atoms with Gasteiger partial charge in [-0.3, -0.25) is 19.3 Å². The molecule has 0 saturated heterocycles. The molecular formula is C24H31N3O5S. The summed E-state index contributed by atoms with van der Waals surface area (Å²) in [5.74, 6) is -0.233. The van der Waals surface area contributed by atoms with Crippen LogP contribution in [0.15, 0.2) is 40.2 Å². The maximum atomic E-state index is 12.5. The number of unbranched alkanes of at least 4 members (excludes halogenated alkanes) is 2. The molecule has 1 aliphatic rings. The molecule has 0 atom stereocenters. The van der Waals surface area contributed by atoms with Gasteiger partial charge in [0.05, 0.1) is 4.90 Å². The predicted octanol–water partition coefficient (Wildman–Crippen LogP) is 3.71. The number of benzene rings is 1. The summed E-state index contributed by atoms with van der Waals surface area (Å²) in [7, 11) is -3.53. The molecule has 0 unspecified atom stereocenters. The van der Waals surface area contributed by atoms with E-state index >= 15 is 0 Å². The molecule has 2 heterocycles. The van der Waals surface area contributed by atoms with Crippen LogP contribution in [0.2, 0.25) is 0 Å². The van der Waals surface area contributed by atoms with Crippen LogP contribution in [-0.2, 0) is 19.6 Å². The minimum atomic E-state index is -3.53. The zero-order chi connectivity index (χ0) is 24.2. The number of aryl methyl sites for hydroxylation is 1. The minimum Gasteiger partial charge on any atom is -0.457 e.